The number of fused-ring (bicyclic) bond motifs is 3. The van der Waals surface area contributed by atoms with Crippen molar-refractivity contribution in [2.75, 3.05) is 6.61 Å². The van der Waals surface area contributed by atoms with Crippen LogP contribution < -0.4 is 4.74 Å². The van der Waals surface area contributed by atoms with E-state index in [1.54, 1.807) is 24.3 Å². The number of ether oxygens (including phenoxy) is 2. The van der Waals surface area contributed by atoms with Crippen LogP contribution in [0.2, 0.25) is 0 Å². The van der Waals surface area contributed by atoms with Gasteiger partial charge in [0.15, 0.2) is 6.61 Å². The second-order valence-corrected chi connectivity index (χ2v) is 9.17. The van der Waals surface area contributed by atoms with Crippen LogP contribution in [-0.2, 0) is 14.3 Å². The molecule has 5 atom stereocenters. The maximum atomic E-state index is 11.7. The molecular weight excluding hydrogens is 406 g/mol. The Hall–Kier alpha value is -2.89. The highest BCUT2D eigenvalue weighted by atomic mass is 16.6. The van der Waals surface area contributed by atoms with Crippen LogP contribution in [0, 0.1) is 23.7 Å². The lowest BCUT2D eigenvalue weighted by Gasteiger charge is -2.40. The zero-order valence-electron chi connectivity index (χ0n) is 18.5. The molecule has 32 heavy (non-hydrogen) atoms. The van der Waals surface area contributed by atoms with E-state index in [4.69, 9.17) is 14.6 Å². The van der Waals surface area contributed by atoms with E-state index in [2.05, 4.69) is 18.5 Å². The molecule has 1 aliphatic heterocycles. The molecule has 3 unspecified atom stereocenters. The number of rotatable bonds is 4. The number of benzene rings is 1. The summed E-state index contributed by atoms with van der Waals surface area (Å²) in [5.41, 5.74) is 1.63. The van der Waals surface area contributed by atoms with Crippen LogP contribution in [0.3, 0.4) is 0 Å². The summed E-state index contributed by atoms with van der Waals surface area (Å²) in [6.07, 6.45) is 9.77. The van der Waals surface area contributed by atoms with Gasteiger partial charge in [-0.15, -0.1) is 0 Å². The molecule has 1 saturated heterocycles. The molecule has 170 valence electrons. The number of hydrogen-bond donors (Lipinski definition) is 1. The van der Waals surface area contributed by atoms with Gasteiger partial charge in [0, 0.05) is 11.3 Å². The molecule has 1 aromatic carbocycles. The maximum absolute atomic E-state index is 11.7. The van der Waals surface area contributed by atoms with Crippen LogP contribution in [-0.4, -0.2) is 34.7 Å². The lowest BCUT2D eigenvalue weighted by Crippen LogP contribution is -2.35. The second kappa shape index (κ2) is 9.72. The lowest BCUT2D eigenvalue weighted by molar-refractivity contribution is -0.144. The standard InChI is InChI=1S/C13H11NO3.C13H20O2/c1-2-10-4-3-9-7-11(17-8-13(15)16)5-6-12(9)14-10;1-8-11-6-9-4-2-3-5-10(9)7-12(11)13(14)15-8/h2-7H,1,8H2,(H,15,16);8-12H,2-7H2,1H3/t;8-,9?,10+,11?,12?/m.1/s1. The summed E-state index contributed by atoms with van der Waals surface area (Å²) in [5.74, 6) is 2.14. The normalized spacial score (nSPS) is 28.5. The molecule has 2 aromatic rings. The van der Waals surface area contributed by atoms with Crippen molar-refractivity contribution in [2.45, 2.75) is 51.6 Å². The van der Waals surface area contributed by atoms with Crippen molar-refractivity contribution in [2.24, 2.45) is 23.7 Å². The van der Waals surface area contributed by atoms with E-state index in [0.717, 1.165) is 34.9 Å². The number of aliphatic carboxylic acids is 1. The monoisotopic (exact) mass is 437 g/mol. The van der Waals surface area contributed by atoms with Gasteiger partial charge in [-0.1, -0.05) is 38.3 Å². The first kappa shape index (κ1) is 22.3. The number of carboxylic acids is 1. The smallest absolute Gasteiger partial charge is 0.341 e. The fourth-order valence-electron chi connectivity index (χ4n) is 5.54. The van der Waals surface area contributed by atoms with Gasteiger partial charge < -0.3 is 14.6 Å². The van der Waals surface area contributed by atoms with Gasteiger partial charge in [0.25, 0.3) is 0 Å². The number of aromatic nitrogens is 1. The third-order valence-corrected chi connectivity index (χ3v) is 7.18. The summed E-state index contributed by atoms with van der Waals surface area (Å²) in [6.45, 7) is 5.38. The molecular formula is C26H31NO5. The Balaban J connectivity index is 0.000000154. The number of nitrogens with zero attached hydrogens (tertiary/aromatic N) is 1. The Kier molecular flexibility index (Phi) is 6.77. The van der Waals surface area contributed by atoms with Crippen molar-refractivity contribution < 1.29 is 24.2 Å². The third-order valence-electron chi connectivity index (χ3n) is 7.18. The van der Waals surface area contributed by atoms with Gasteiger partial charge in [0.05, 0.1) is 17.1 Å². The highest BCUT2D eigenvalue weighted by molar-refractivity contribution is 5.81. The van der Waals surface area contributed by atoms with Crippen molar-refractivity contribution in [1.82, 2.24) is 4.98 Å². The number of carbonyl (C=O) groups excluding carboxylic acids is 1. The van der Waals surface area contributed by atoms with Crippen LogP contribution in [0.15, 0.2) is 36.9 Å². The van der Waals surface area contributed by atoms with E-state index in [1.165, 1.54) is 32.1 Å². The summed E-state index contributed by atoms with van der Waals surface area (Å²) in [5, 5.41) is 9.41. The summed E-state index contributed by atoms with van der Waals surface area (Å²) in [7, 11) is 0. The Morgan fingerprint density at radius 3 is 2.69 bits per heavy atom. The predicted molar refractivity (Wildman–Crippen MR) is 122 cm³/mol. The molecule has 5 rings (SSSR count). The van der Waals surface area contributed by atoms with Crippen LogP contribution in [0.5, 0.6) is 5.75 Å². The number of cyclic esters (lactones) is 1. The maximum Gasteiger partial charge on any atom is 0.341 e. The van der Waals surface area contributed by atoms with Crippen LogP contribution in [0.1, 0.15) is 51.1 Å². The fraction of sp³-hybridized carbons (Fsp3) is 0.500. The van der Waals surface area contributed by atoms with E-state index in [1.807, 2.05) is 12.1 Å². The molecule has 0 spiro atoms. The molecule has 3 aliphatic rings. The molecule has 2 saturated carbocycles. The molecule has 6 nitrogen and oxygen atoms in total. The molecule has 2 heterocycles. The Bertz CT molecular complexity index is 1000. The minimum atomic E-state index is -0.995. The highest BCUT2D eigenvalue weighted by Gasteiger charge is 2.49. The van der Waals surface area contributed by atoms with Gasteiger partial charge in [-0.3, -0.25) is 4.79 Å². The lowest BCUT2D eigenvalue weighted by atomic mass is 9.63. The van der Waals surface area contributed by atoms with Crippen molar-refractivity contribution in [3.63, 3.8) is 0 Å². The number of hydrogen-bond acceptors (Lipinski definition) is 5. The second-order valence-electron chi connectivity index (χ2n) is 9.17. The van der Waals surface area contributed by atoms with Crippen LogP contribution in [0.25, 0.3) is 17.0 Å². The Morgan fingerprint density at radius 2 is 1.97 bits per heavy atom. The molecule has 6 heteroatoms. The van der Waals surface area contributed by atoms with Gasteiger partial charge in [-0.25, -0.2) is 9.78 Å². The molecule has 1 N–H and O–H groups in total. The first-order chi connectivity index (χ1) is 15.4. The zero-order chi connectivity index (χ0) is 22.7. The van der Waals surface area contributed by atoms with Gasteiger partial charge in [0.1, 0.15) is 11.9 Å². The van der Waals surface area contributed by atoms with E-state index in [-0.39, 0.29) is 24.6 Å². The van der Waals surface area contributed by atoms with Crippen molar-refractivity contribution in [3.8, 4) is 5.75 Å². The molecule has 1 aromatic heterocycles. The van der Waals surface area contributed by atoms with Crippen molar-refractivity contribution >= 4 is 28.9 Å². The summed E-state index contributed by atoms with van der Waals surface area (Å²) in [4.78, 5) is 26.4. The topological polar surface area (TPSA) is 85.7 Å². The van der Waals surface area contributed by atoms with Crippen molar-refractivity contribution in [1.29, 1.82) is 0 Å². The van der Waals surface area contributed by atoms with Gasteiger partial charge in [-0.05, 0) is 61.9 Å². The summed E-state index contributed by atoms with van der Waals surface area (Å²) >= 11 is 0. The van der Waals surface area contributed by atoms with Gasteiger partial charge in [-0.2, -0.15) is 0 Å². The SMILES string of the molecule is C=Cc1ccc2cc(OCC(=O)O)ccc2n1.C[C@H]1OC(=O)C2C[C@@H]3CCCCC3CC21. The quantitative estimate of drug-likeness (QED) is 0.670. The molecule has 0 bridgehead atoms. The first-order valence-electron chi connectivity index (χ1n) is 11.5. The van der Waals surface area contributed by atoms with Crippen molar-refractivity contribution in [3.05, 3.63) is 42.6 Å². The van der Waals surface area contributed by atoms with Crippen LogP contribution in [0.4, 0.5) is 0 Å². The molecule has 0 amide bonds. The third kappa shape index (κ3) is 4.95. The minimum absolute atomic E-state index is 0.0940. The molecule has 0 radical (unpaired) electrons. The number of esters is 1. The average Bonchev–Trinajstić information content (AvgIpc) is 3.08. The van der Waals surface area contributed by atoms with E-state index in [0.29, 0.717) is 11.7 Å². The Morgan fingerprint density at radius 1 is 1.22 bits per heavy atom. The zero-order valence-corrected chi connectivity index (χ0v) is 18.5. The largest absolute Gasteiger partial charge is 0.482 e. The highest BCUT2D eigenvalue weighted by Crippen LogP contribution is 2.49. The fourth-order valence-corrected chi connectivity index (χ4v) is 5.54. The minimum Gasteiger partial charge on any atom is -0.482 e. The van der Waals surface area contributed by atoms with E-state index < -0.39 is 5.97 Å². The van der Waals surface area contributed by atoms with E-state index in [9.17, 15) is 9.59 Å². The van der Waals surface area contributed by atoms with Crippen LogP contribution >= 0.6 is 0 Å². The van der Waals surface area contributed by atoms with E-state index >= 15 is 0 Å². The number of carbonyl (C=O) groups is 2. The average molecular weight is 438 g/mol. The summed E-state index contributed by atoms with van der Waals surface area (Å²) in [6, 6.07) is 8.99. The number of carboxylic acid groups (broad SMARTS) is 1. The Labute approximate surface area is 188 Å². The van der Waals surface area contributed by atoms with Gasteiger partial charge in [0.2, 0.25) is 0 Å². The molecule has 2 aliphatic carbocycles. The number of pyridine rings is 1. The summed E-state index contributed by atoms with van der Waals surface area (Å²) < 4.78 is 10.5. The molecule has 3 fully saturated rings. The first-order valence-corrected chi connectivity index (χ1v) is 11.5. The predicted octanol–water partition coefficient (Wildman–Crippen LogP) is 5.11. The van der Waals surface area contributed by atoms with Gasteiger partial charge >= 0.3 is 11.9 Å².